The van der Waals surface area contributed by atoms with Crippen LogP contribution in [0.15, 0.2) is 72.8 Å². The summed E-state index contributed by atoms with van der Waals surface area (Å²) in [5.74, 6) is -0.426. The van der Waals surface area contributed by atoms with E-state index in [-0.39, 0.29) is 11.9 Å². The SMILES string of the molecule is CC(C)c1ccc(C(=O)NC(c2ccccc2)C(O)C(=O)Nc2ccc3nc(N)[nH]c3c2)cc1. The van der Waals surface area contributed by atoms with Crippen molar-refractivity contribution in [1.82, 2.24) is 15.3 Å². The first-order valence-electron chi connectivity index (χ1n) is 11.0. The number of H-pyrrole nitrogens is 1. The maximum absolute atomic E-state index is 13.0. The Kier molecular flexibility index (Phi) is 6.60. The number of nitrogens with one attached hydrogen (secondary N) is 3. The van der Waals surface area contributed by atoms with Crippen LogP contribution in [-0.2, 0) is 4.79 Å². The van der Waals surface area contributed by atoms with E-state index in [2.05, 4.69) is 34.4 Å². The number of nitrogen functional groups attached to an aromatic ring is 1. The maximum Gasteiger partial charge on any atom is 0.255 e. The van der Waals surface area contributed by atoms with Crippen LogP contribution in [0.5, 0.6) is 0 Å². The molecule has 0 aliphatic rings. The third-order valence-electron chi connectivity index (χ3n) is 5.64. The number of nitrogens with two attached hydrogens (primary N) is 1. The first kappa shape index (κ1) is 23.0. The van der Waals surface area contributed by atoms with Crippen LogP contribution < -0.4 is 16.4 Å². The zero-order valence-electron chi connectivity index (χ0n) is 18.9. The number of nitrogens with zero attached hydrogens (tertiary/aromatic N) is 1. The molecule has 2 atom stereocenters. The van der Waals surface area contributed by atoms with E-state index in [4.69, 9.17) is 5.73 Å². The number of aliphatic hydroxyl groups is 1. The number of imidazole rings is 1. The highest BCUT2D eigenvalue weighted by Crippen LogP contribution is 2.22. The summed E-state index contributed by atoms with van der Waals surface area (Å²) in [7, 11) is 0. The summed E-state index contributed by atoms with van der Waals surface area (Å²) in [5.41, 5.74) is 9.62. The van der Waals surface area contributed by atoms with Crippen LogP contribution >= 0.6 is 0 Å². The molecular formula is C26H27N5O3. The molecule has 0 saturated carbocycles. The number of carbonyl (C=O) groups is 2. The molecule has 0 spiro atoms. The Morgan fingerprint density at radius 2 is 1.68 bits per heavy atom. The number of hydrogen-bond donors (Lipinski definition) is 5. The van der Waals surface area contributed by atoms with E-state index in [9.17, 15) is 14.7 Å². The van der Waals surface area contributed by atoms with Crippen molar-refractivity contribution in [2.75, 3.05) is 11.1 Å². The van der Waals surface area contributed by atoms with Gasteiger partial charge in [0.25, 0.3) is 11.8 Å². The van der Waals surface area contributed by atoms with Crippen LogP contribution in [0.4, 0.5) is 11.6 Å². The molecule has 4 rings (SSSR count). The van der Waals surface area contributed by atoms with Crippen LogP contribution in [0.2, 0.25) is 0 Å². The molecule has 8 heteroatoms. The number of fused-ring (bicyclic) bond motifs is 1. The Balaban J connectivity index is 1.54. The summed E-state index contributed by atoms with van der Waals surface area (Å²) in [4.78, 5) is 32.9. The van der Waals surface area contributed by atoms with E-state index < -0.39 is 18.1 Å². The molecule has 2 amide bonds. The Bertz CT molecular complexity index is 1300. The van der Waals surface area contributed by atoms with Crippen molar-refractivity contribution in [2.24, 2.45) is 0 Å². The Morgan fingerprint density at radius 1 is 0.971 bits per heavy atom. The molecule has 0 saturated heterocycles. The minimum Gasteiger partial charge on any atom is -0.381 e. The van der Waals surface area contributed by atoms with Gasteiger partial charge in [-0.2, -0.15) is 0 Å². The van der Waals surface area contributed by atoms with Gasteiger partial charge in [0.05, 0.1) is 17.1 Å². The summed E-state index contributed by atoms with van der Waals surface area (Å²) in [6.45, 7) is 4.16. The highest BCUT2D eigenvalue weighted by atomic mass is 16.3. The highest BCUT2D eigenvalue weighted by Gasteiger charge is 2.29. The Labute approximate surface area is 197 Å². The van der Waals surface area contributed by atoms with E-state index in [1.165, 1.54) is 0 Å². The van der Waals surface area contributed by atoms with Crippen LogP contribution in [0.25, 0.3) is 11.0 Å². The second-order valence-corrected chi connectivity index (χ2v) is 8.43. The molecule has 0 bridgehead atoms. The van der Waals surface area contributed by atoms with Gasteiger partial charge >= 0.3 is 0 Å². The van der Waals surface area contributed by atoms with E-state index in [1.807, 2.05) is 18.2 Å². The lowest BCUT2D eigenvalue weighted by molar-refractivity contribution is -0.125. The molecule has 6 N–H and O–H groups in total. The van der Waals surface area contributed by atoms with Crippen molar-refractivity contribution >= 4 is 34.5 Å². The number of amides is 2. The predicted molar refractivity (Wildman–Crippen MR) is 132 cm³/mol. The maximum atomic E-state index is 13.0. The fourth-order valence-corrected chi connectivity index (χ4v) is 3.72. The zero-order valence-corrected chi connectivity index (χ0v) is 18.9. The van der Waals surface area contributed by atoms with E-state index in [0.717, 1.165) is 5.56 Å². The second-order valence-electron chi connectivity index (χ2n) is 8.43. The van der Waals surface area contributed by atoms with E-state index >= 15 is 0 Å². The van der Waals surface area contributed by atoms with Gasteiger partial charge in [0, 0.05) is 11.3 Å². The average Bonchev–Trinajstić information content (AvgIpc) is 3.21. The van der Waals surface area contributed by atoms with Gasteiger partial charge in [-0.3, -0.25) is 9.59 Å². The summed E-state index contributed by atoms with van der Waals surface area (Å²) in [6.07, 6.45) is -1.54. The van der Waals surface area contributed by atoms with Gasteiger partial charge in [-0.1, -0.05) is 56.3 Å². The Hall–Kier alpha value is -4.17. The molecule has 3 aromatic carbocycles. The lowest BCUT2D eigenvalue weighted by Gasteiger charge is -2.24. The predicted octanol–water partition coefficient (Wildman–Crippen LogP) is 3.74. The number of carbonyl (C=O) groups excluding carboxylic acids is 2. The van der Waals surface area contributed by atoms with Gasteiger partial charge in [0.15, 0.2) is 12.1 Å². The van der Waals surface area contributed by atoms with Crippen molar-refractivity contribution in [1.29, 1.82) is 0 Å². The number of benzene rings is 3. The van der Waals surface area contributed by atoms with Gasteiger partial charge < -0.3 is 26.5 Å². The third kappa shape index (κ3) is 5.07. The van der Waals surface area contributed by atoms with Crippen molar-refractivity contribution in [3.05, 3.63) is 89.5 Å². The standard InChI is InChI=1S/C26H27N5O3/c1-15(2)16-8-10-18(11-9-16)24(33)31-22(17-6-4-3-5-7-17)23(32)25(34)28-19-12-13-20-21(14-19)30-26(27)29-20/h3-15,22-23,32H,1-2H3,(H,28,34)(H,31,33)(H3,27,29,30). The van der Waals surface area contributed by atoms with Crippen LogP contribution in [0.1, 0.15) is 47.3 Å². The molecule has 2 unspecified atom stereocenters. The molecule has 4 aromatic rings. The monoisotopic (exact) mass is 457 g/mol. The summed E-state index contributed by atoms with van der Waals surface area (Å²) in [5, 5.41) is 16.5. The minimum atomic E-state index is -1.54. The Morgan fingerprint density at radius 3 is 2.35 bits per heavy atom. The number of aromatic nitrogens is 2. The molecule has 34 heavy (non-hydrogen) atoms. The molecule has 0 radical (unpaired) electrons. The van der Waals surface area contributed by atoms with Gasteiger partial charge in [-0.05, 0) is 47.4 Å². The molecule has 0 aliphatic carbocycles. The zero-order chi connectivity index (χ0) is 24.2. The molecule has 0 fully saturated rings. The number of anilines is 2. The largest absolute Gasteiger partial charge is 0.381 e. The molecular weight excluding hydrogens is 430 g/mol. The summed E-state index contributed by atoms with van der Waals surface area (Å²) >= 11 is 0. The first-order chi connectivity index (χ1) is 16.3. The fourth-order valence-electron chi connectivity index (χ4n) is 3.72. The minimum absolute atomic E-state index is 0.270. The van der Waals surface area contributed by atoms with Crippen molar-refractivity contribution in [2.45, 2.75) is 31.9 Å². The summed E-state index contributed by atoms with van der Waals surface area (Å²) in [6, 6.07) is 20.3. The normalized spacial score (nSPS) is 12.9. The van der Waals surface area contributed by atoms with Gasteiger partial charge in [0.2, 0.25) is 0 Å². The quantitative estimate of drug-likeness (QED) is 0.288. The molecule has 1 heterocycles. The van der Waals surface area contributed by atoms with Crippen LogP contribution in [0, 0.1) is 0 Å². The van der Waals surface area contributed by atoms with Crippen molar-refractivity contribution in [3.63, 3.8) is 0 Å². The molecule has 0 aliphatic heterocycles. The number of rotatable bonds is 7. The topological polar surface area (TPSA) is 133 Å². The van der Waals surface area contributed by atoms with Crippen LogP contribution in [-0.4, -0.2) is 33.0 Å². The summed E-state index contributed by atoms with van der Waals surface area (Å²) < 4.78 is 0. The number of aromatic amines is 1. The van der Waals surface area contributed by atoms with Crippen LogP contribution in [0.3, 0.4) is 0 Å². The lowest BCUT2D eigenvalue weighted by atomic mass is 9.99. The average molecular weight is 458 g/mol. The second kappa shape index (κ2) is 9.76. The van der Waals surface area contributed by atoms with E-state index in [1.54, 1.807) is 54.6 Å². The van der Waals surface area contributed by atoms with Crippen molar-refractivity contribution < 1.29 is 14.7 Å². The highest BCUT2D eigenvalue weighted by molar-refractivity contribution is 5.98. The molecule has 1 aromatic heterocycles. The first-order valence-corrected chi connectivity index (χ1v) is 11.0. The van der Waals surface area contributed by atoms with Gasteiger partial charge in [0.1, 0.15) is 0 Å². The number of hydrogen-bond acceptors (Lipinski definition) is 5. The third-order valence-corrected chi connectivity index (χ3v) is 5.64. The molecule has 174 valence electrons. The smallest absolute Gasteiger partial charge is 0.255 e. The number of aliphatic hydroxyl groups excluding tert-OH is 1. The lowest BCUT2D eigenvalue weighted by Crippen LogP contribution is -2.42. The van der Waals surface area contributed by atoms with E-state index in [0.29, 0.717) is 33.8 Å². The van der Waals surface area contributed by atoms with Gasteiger partial charge in [-0.25, -0.2) is 4.98 Å². The van der Waals surface area contributed by atoms with Gasteiger partial charge in [-0.15, -0.1) is 0 Å². The van der Waals surface area contributed by atoms with Crippen molar-refractivity contribution in [3.8, 4) is 0 Å². The fraction of sp³-hybridized carbons (Fsp3) is 0.192. The molecule has 8 nitrogen and oxygen atoms in total.